The lowest BCUT2D eigenvalue weighted by molar-refractivity contribution is 0.355. The van der Waals surface area contributed by atoms with Crippen LogP contribution in [0.2, 0.25) is 0 Å². The third-order valence-corrected chi connectivity index (χ3v) is 4.40. The van der Waals surface area contributed by atoms with Gasteiger partial charge in [-0.2, -0.15) is 5.26 Å². The van der Waals surface area contributed by atoms with Crippen molar-refractivity contribution in [1.29, 1.82) is 5.26 Å². The highest BCUT2D eigenvalue weighted by Gasteiger charge is 2.17. The number of rotatable bonds is 3. The summed E-state index contributed by atoms with van der Waals surface area (Å²) in [6.45, 7) is 0. The number of anilines is 1. The second kappa shape index (κ2) is 6.07. The van der Waals surface area contributed by atoms with Crippen LogP contribution in [-0.2, 0) is 0 Å². The zero-order valence-corrected chi connectivity index (χ0v) is 14.6. The number of hydrogen-bond donors (Lipinski definition) is 3. The number of nitrogen functional groups attached to an aromatic ring is 1. The van der Waals surface area contributed by atoms with Crippen LogP contribution in [0.1, 0.15) is 5.56 Å². The molecule has 0 aliphatic rings. The van der Waals surface area contributed by atoms with Crippen LogP contribution in [0.5, 0.6) is 11.5 Å². The maximum atomic E-state index is 12.6. The van der Waals surface area contributed by atoms with Crippen LogP contribution in [0.15, 0.2) is 35.1 Å². The van der Waals surface area contributed by atoms with E-state index in [0.717, 1.165) is 5.39 Å². The SMILES string of the molecule is COc1cc2nc(-c3[nH]c4cc(C#N)ccc4c3N)c(=O)[nH]c2cc1OC. The Kier molecular flexibility index (Phi) is 3.70. The summed E-state index contributed by atoms with van der Waals surface area (Å²) in [5, 5.41) is 9.78. The van der Waals surface area contributed by atoms with Gasteiger partial charge in [0.2, 0.25) is 0 Å². The smallest absolute Gasteiger partial charge is 0.276 e. The number of aromatic nitrogens is 3. The molecule has 2 aromatic carbocycles. The second-order valence-electron chi connectivity index (χ2n) is 5.92. The molecular formula is C19H15N5O3. The molecule has 0 saturated heterocycles. The number of nitrogens with two attached hydrogens (primary N) is 1. The molecule has 0 amide bonds. The molecule has 0 fully saturated rings. The molecule has 0 saturated carbocycles. The number of aromatic amines is 2. The quantitative estimate of drug-likeness (QED) is 0.514. The van der Waals surface area contributed by atoms with Crippen molar-refractivity contribution in [2.75, 3.05) is 20.0 Å². The third kappa shape index (κ3) is 2.53. The van der Waals surface area contributed by atoms with Crippen molar-refractivity contribution >= 4 is 27.6 Å². The molecule has 0 aliphatic carbocycles. The Morgan fingerprint density at radius 2 is 1.81 bits per heavy atom. The van der Waals surface area contributed by atoms with Gasteiger partial charge < -0.3 is 25.2 Å². The van der Waals surface area contributed by atoms with Gasteiger partial charge in [0.15, 0.2) is 17.2 Å². The van der Waals surface area contributed by atoms with Crippen LogP contribution in [0.25, 0.3) is 33.3 Å². The summed E-state index contributed by atoms with van der Waals surface area (Å²) in [5.74, 6) is 0.989. The highest BCUT2D eigenvalue weighted by molar-refractivity contribution is 6.00. The van der Waals surface area contributed by atoms with Gasteiger partial charge >= 0.3 is 0 Å². The Bertz CT molecular complexity index is 1300. The fourth-order valence-electron chi connectivity index (χ4n) is 3.06. The van der Waals surface area contributed by atoms with Gasteiger partial charge in [-0.3, -0.25) is 4.79 Å². The number of ether oxygens (including phenoxy) is 2. The third-order valence-electron chi connectivity index (χ3n) is 4.40. The molecule has 8 nitrogen and oxygen atoms in total. The molecule has 0 spiro atoms. The molecule has 0 bridgehead atoms. The normalized spacial score (nSPS) is 10.9. The number of nitrogens with zero attached hydrogens (tertiary/aromatic N) is 2. The molecule has 0 unspecified atom stereocenters. The molecule has 0 aliphatic heterocycles. The fourth-order valence-corrected chi connectivity index (χ4v) is 3.06. The van der Waals surface area contributed by atoms with Gasteiger partial charge in [0.25, 0.3) is 5.56 Å². The second-order valence-corrected chi connectivity index (χ2v) is 5.92. The monoisotopic (exact) mass is 361 g/mol. The molecule has 0 atom stereocenters. The Morgan fingerprint density at radius 3 is 2.52 bits per heavy atom. The van der Waals surface area contributed by atoms with Crippen LogP contribution in [0.4, 0.5) is 5.69 Å². The van der Waals surface area contributed by atoms with Crippen molar-refractivity contribution in [3.05, 3.63) is 46.2 Å². The van der Waals surface area contributed by atoms with Gasteiger partial charge in [0, 0.05) is 23.0 Å². The molecule has 2 heterocycles. The first-order valence-electron chi connectivity index (χ1n) is 8.03. The van der Waals surface area contributed by atoms with Crippen molar-refractivity contribution in [2.45, 2.75) is 0 Å². The Hall–Kier alpha value is -3.99. The molecule has 4 aromatic rings. The van der Waals surface area contributed by atoms with Crippen molar-refractivity contribution in [2.24, 2.45) is 0 Å². The van der Waals surface area contributed by atoms with E-state index >= 15 is 0 Å². The van der Waals surface area contributed by atoms with Crippen LogP contribution in [-0.4, -0.2) is 29.2 Å². The summed E-state index contributed by atoms with van der Waals surface area (Å²) in [5.41, 5.74) is 8.98. The first kappa shape index (κ1) is 16.5. The summed E-state index contributed by atoms with van der Waals surface area (Å²) in [6, 6.07) is 10.5. The topological polar surface area (TPSA) is 130 Å². The van der Waals surface area contributed by atoms with E-state index in [1.165, 1.54) is 14.2 Å². The van der Waals surface area contributed by atoms with E-state index in [9.17, 15) is 4.79 Å². The molecule has 0 radical (unpaired) electrons. The fraction of sp³-hybridized carbons (Fsp3) is 0.105. The minimum Gasteiger partial charge on any atom is -0.493 e. The van der Waals surface area contributed by atoms with E-state index in [4.69, 9.17) is 20.5 Å². The van der Waals surface area contributed by atoms with Crippen molar-refractivity contribution in [1.82, 2.24) is 15.0 Å². The first-order valence-corrected chi connectivity index (χ1v) is 8.03. The van der Waals surface area contributed by atoms with E-state index in [2.05, 4.69) is 21.0 Å². The Balaban J connectivity index is 1.97. The summed E-state index contributed by atoms with van der Waals surface area (Å²) < 4.78 is 10.5. The summed E-state index contributed by atoms with van der Waals surface area (Å²) >= 11 is 0. The average Bonchev–Trinajstić information content (AvgIpc) is 3.02. The lowest BCUT2D eigenvalue weighted by Gasteiger charge is -2.09. The predicted molar refractivity (Wildman–Crippen MR) is 102 cm³/mol. The minimum atomic E-state index is -0.395. The van der Waals surface area contributed by atoms with E-state index in [1.54, 1.807) is 30.3 Å². The van der Waals surface area contributed by atoms with Crippen LogP contribution < -0.4 is 20.8 Å². The number of nitrogens with one attached hydrogen (secondary N) is 2. The van der Waals surface area contributed by atoms with Gasteiger partial charge in [-0.15, -0.1) is 0 Å². The predicted octanol–water partition coefficient (Wildman–Crippen LogP) is 2.54. The van der Waals surface area contributed by atoms with Crippen molar-refractivity contribution < 1.29 is 9.47 Å². The lowest BCUT2D eigenvalue weighted by Crippen LogP contribution is -2.12. The summed E-state index contributed by atoms with van der Waals surface area (Å²) in [6.07, 6.45) is 0. The average molecular weight is 361 g/mol. The molecule has 134 valence electrons. The largest absolute Gasteiger partial charge is 0.493 e. The molecular weight excluding hydrogens is 346 g/mol. The number of benzene rings is 2. The van der Waals surface area contributed by atoms with E-state index < -0.39 is 5.56 Å². The first-order chi connectivity index (χ1) is 13.0. The van der Waals surface area contributed by atoms with Gasteiger partial charge in [-0.1, -0.05) is 0 Å². The highest BCUT2D eigenvalue weighted by atomic mass is 16.5. The van der Waals surface area contributed by atoms with E-state index in [1.807, 2.05) is 0 Å². The van der Waals surface area contributed by atoms with Gasteiger partial charge in [0.05, 0.1) is 48.3 Å². The van der Waals surface area contributed by atoms with Crippen molar-refractivity contribution in [3.8, 4) is 29.0 Å². The number of fused-ring (bicyclic) bond motifs is 2. The number of H-pyrrole nitrogens is 2. The van der Waals surface area contributed by atoms with Gasteiger partial charge in [0.1, 0.15) is 0 Å². The Labute approximate surface area is 153 Å². The highest BCUT2D eigenvalue weighted by Crippen LogP contribution is 2.33. The maximum Gasteiger partial charge on any atom is 0.276 e. The van der Waals surface area contributed by atoms with Crippen LogP contribution >= 0.6 is 0 Å². The Morgan fingerprint density at radius 1 is 1.07 bits per heavy atom. The molecule has 27 heavy (non-hydrogen) atoms. The van der Waals surface area contributed by atoms with E-state index in [0.29, 0.717) is 45.0 Å². The van der Waals surface area contributed by atoms with Crippen LogP contribution in [0.3, 0.4) is 0 Å². The maximum absolute atomic E-state index is 12.6. The van der Waals surface area contributed by atoms with E-state index in [-0.39, 0.29) is 5.69 Å². The number of methoxy groups -OCH3 is 2. The zero-order valence-electron chi connectivity index (χ0n) is 14.6. The minimum absolute atomic E-state index is 0.155. The lowest BCUT2D eigenvalue weighted by atomic mass is 10.1. The molecule has 8 heteroatoms. The van der Waals surface area contributed by atoms with Crippen molar-refractivity contribution in [3.63, 3.8) is 0 Å². The standard InChI is InChI=1S/C19H15N5O3/c1-26-14-6-12-13(7-15(14)27-2)24-19(25)18(23-12)17-16(21)10-4-3-9(8-20)5-11(10)22-17/h3-7,22H,21H2,1-2H3,(H,24,25). The number of hydrogen-bond acceptors (Lipinski definition) is 6. The molecule has 4 rings (SSSR count). The van der Waals surface area contributed by atoms with Gasteiger partial charge in [-0.05, 0) is 18.2 Å². The van der Waals surface area contributed by atoms with Gasteiger partial charge in [-0.25, -0.2) is 4.98 Å². The number of nitriles is 1. The summed E-state index contributed by atoms with van der Waals surface area (Å²) in [4.78, 5) is 23.0. The molecule has 2 aromatic heterocycles. The molecule has 4 N–H and O–H groups in total. The summed E-state index contributed by atoms with van der Waals surface area (Å²) in [7, 11) is 3.04. The van der Waals surface area contributed by atoms with Crippen LogP contribution in [0, 0.1) is 11.3 Å². The zero-order chi connectivity index (χ0) is 19.1.